The van der Waals surface area contributed by atoms with E-state index in [0.29, 0.717) is 12.0 Å². The summed E-state index contributed by atoms with van der Waals surface area (Å²) in [5, 5.41) is 11.5. The van der Waals surface area contributed by atoms with Gasteiger partial charge in [0.1, 0.15) is 0 Å². The molecule has 90 valence electrons. The highest BCUT2D eigenvalue weighted by atomic mass is 79.9. The summed E-state index contributed by atoms with van der Waals surface area (Å²) in [6.07, 6.45) is 1.09. The van der Waals surface area contributed by atoms with Gasteiger partial charge < -0.3 is 5.32 Å². The average Bonchev–Trinajstić information content (AvgIpc) is 2.31. The summed E-state index contributed by atoms with van der Waals surface area (Å²) >= 11 is 3.36. The molecule has 0 saturated carbocycles. The van der Waals surface area contributed by atoms with E-state index in [2.05, 4.69) is 27.3 Å². The summed E-state index contributed by atoms with van der Waals surface area (Å²) < 4.78 is 0.771. The summed E-state index contributed by atoms with van der Waals surface area (Å²) in [6.45, 7) is 3.89. The molecule has 1 aromatic carbocycles. The first-order chi connectivity index (χ1) is 8.08. The molecule has 0 aliphatic rings. The minimum atomic E-state index is -0.136. The van der Waals surface area contributed by atoms with Gasteiger partial charge >= 0.3 is 0 Å². The normalized spacial score (nSPS) is 11.6. The van der Waals surface area contributed by atoms with Crippen molar-refractivity contribution in [3.63, 3.8) is 0 Å². The molecule has 0 aliphatic carbocycles. The molecule has 4 heteroatoms. The minimum Gasteiger partial charge on any atom is -0.348 e. The van der Waals surface area contributed by atoms with Gasteiger partial charge in [0.05, 0.1) is 18.1 Å². The van der Waals surface area contributed by atoms with Crippen molar-refractivity contribution < 1.29 is 4.79 Å². The van der Waals surface area contributed by atoms with E-state index in [1.807, 2.05) is 32.0 Å². The van der Waals surface area contributed by atoms with Gasteiger partial charge in [0.2, 0.25) is 0 Å². The number of carbonyl (C=O) groups is 1. The van der Waals surface area contributed by atoms with E-state index >= 15 is 0 Å². The molecule has 1 aromatic rings. The molecule has 1 amide bonds. The maximum absolute atomic E-state index is 12.0. The Morgan fingerprint density at radius 3 is 2.88 bits per heavy atom. The van der Waals surface area contributed by atoms with Crippen molar-refractivity contribution in [2.24, 2.45) is 0 Å². The van der Waals surface area contributed by atoms with E-state index in [1.54, 1.807) is 0 Å². The summed E-state index contributed by atoms with van der Waals surface area (Å²) in [6, 6.07) is 7.62. The van der Waals surface area contributed by atoms with E-state index in [4.69, 9.17) is 5.26 Å². The molecular weight excluding hydrogens is 280 g/mol. The number of halogens is 1. The number of carbonyl (C=O) groups excluding carboxylic acids is 1. The third-order valence-corrected chi connectivity index (χ3v) is 3.22. The smallest absolute Gasteiger partial charge is 0.252 e. The number of nitriles is 1. The molecule has 0 aliphatic heterocycles. The van der Waals surface area contributed by atoms with Crippen LogP contribution in [0.4, 0.5) is 0 Å². The van der Waals surface area contributed by atoms with Crippen LogP contribution in [0.25, 0.3) is 0 Å². The Bertz CT molecular complexity index is 451. The van der Waals surface area contributed by atoms with E-state index in [1.165, 1.54) is 0 Å². The van der Waals surface area contributed by atoms with Gasteiger partial charge in [0.15, 0.2) is 0 Å². The monoisotopic (exact) mass is 294 g/mol. The van der Waals surface area contributed by atoms with Crippen LogP contribution in [-0.4, -0.2) is 11.9 Å². The minimum absolute atomic E-state index is 0.0834. The first-order valence-corrected chi connectivity index (χ1v) is 6.31. The van der Waals surface area contributed by atoms with Crippen LogP contribution in [-0.2, 0) is 0 Å². The van der Waals surface area contributed by atoms with Crippen molar-refractivity contribution >= 4 is 21.8 Å². The van der Waals surface area contributed by atoms with Crippen molar-refractivity contribution in [1.29, 1.82) is 5.26 Å². The van der Waals surface area contributed by atoms with Crippen LogP contribution >= 0.6 is 15.9 Å². The van der Waals surface area contributed by atoms with Crippen molar-refractivity contribution in [2.45, 2.75) is 32.7 Å². The largest absolute Gasteiger partial charge is 0.348 e. The van der Waals surface area contributed by atoms with Crippen LogP contribution in [0.5, 0.6) is 0 Å². The lowest BCUT2D eigenvalue weighted by atomic mass is 10.1. The number of hydrogen-bond donors (Lipinski definition) is 1. The van der Waals surface area contributed by atoms with Crippen molar-refractivity contribution in [3.05, 3.63) is 33.8 Å². The Morgan fingerprint density at radius 1 is 1.59 bits per heavy atom. The Kier molecular flexibility index (Phi) is 5.17. The van der Waals surface area contributed by atoms with E-state index in [-0.39, 0.29) is 11.9 Å². The van der Waals surface area contributed by atoms with Gasteiger partial charge in [-0.1, -0.05) is 18.6 Å². The molecule has 0 fully saturated rings. The Morgan fingerprint density at radius 2 is 2.29 bits per heavy atom. The van der Waals surface area contributed by atoms with Gasteiger partial charge in [-0.15, -0.1) is 0 Å². The van der Waals surface area contributed by atoms with Crippen LogP contribution < -0.4 is 5.32 Å². The molecule has 0 radical (unpaired) electrons. The molecule has 0 heterocycles. The Labute approximate surface area is 110 Å². The van der Waals surface area contributed by atoms with Gasteiger partial charge in [-0.2, -0.15) is 5.26 Å². The van der Waals surface area contributed by atoms with Gasteiger partial charge in [-0.25, -0.2) is 0 Å². The summed E-state index contributed by atoms with van der Waals surface area (Å²) in [4.78, 5) is 12.0. The molecule has 0 spiro atoms. The highest BCUT2D eigenvalue weighted by molar-refractivity contribution is 9.10. The zero-order chi connectivity index (χ0) is 12.8. The number of rotatable bonds is 4. The SMILES string of the molecule is CCC(CC#N)NC(=O)c1cc(C)ccc1Br. The molecule has 1 unspecified atom stereocenters. The van der Waals surface area contributed by atoms with E-state index < -0.39 is 0 Å². The number of hydrogen-bond acceptors (Lipinski definition) is 2. The van der Waals surface area contributed by atoms with Crippen LogP contribution in [0, 0.1) is 18.3 Å². The first-order valence-electron chi connectivity index (χ1n) is 5.52. The van der Waals surface area contributed by atoms with Crippen LogP contribution in [0.15, 0.2) is 22.7 Å². The molecule has 3 nitrogen and oxygen atoms in total. The summed E-state index contributed by atoms with van der Waals surface area (Å²) in [7, 11) is 0. The lowest BCUT2D eigenvalue weighted by Gasteiger charge is -2.14. The quantitative estimate of drug-likeness (QED) is 0.927. The first kappa shape index (κ1) is 13.7. The Hall–Kier alpha value is -1.34. The number of amides is 1. The molecule has 0 saturated heterocycles. The highest BCUT2D eigenvalue weighted by Crippen LogP contribution is 2.18. The molecule has 1 atom stereocenters. The van der Waals surface area contributed by atoms with Crippen LogP contribution in [0.1, 0.15) is 35.7 Å². The second-order valence-electron chi connectivity index (χ2n) is 3.92. The fourth-order valence-electron chi connectivity index (χ4n) is 1.48. The fourth-order valence-corrected chi connectivity index (χ4v) is 1.91. The number of benzene rings is 1. The zero-order valence-electron chi connectivity index (χ0n) is 9.96. The van der Waals surface area contributed by atoms with E-state index in [9.17, 15) is 4.79 Å². The Balaban J connectivity index is 2.82. The topological polar surface area (TPSA) is 52.9 Å². The maximum Gasteiger partial charge on any atom is 0.252 e. The molecule has 1 rings (SSSR count). The predicted octanol–water partition coefficient (Wildman–Crippen LogP) is 3.18. The van der Waals surface area contributed by atoms with Crippen molar-refractivity contribution in [2.75, 3.05) is 0 Å². The number of aryl methyl sites for hydroxylation is 1. The van der Waals surface area contributed by atoms with Gasteiger partial charge in [0.25, 0.3) is 5.91 Å². The van der Waals surface area contributed by atoms with Crippen molar-refractivity contribution in [3.8, 4) is 6.07 Å². The molecule has 0 aromatic heterocycles. The standard InChI is InChI=1S/C13H15BrN2O/c1-3-10(6-7-15)16-13(17)11-8-9(2)4-5-12(11)14/h4-5,8,10H,3,6H2,1-2H3,(H,16,17). The highest BCUT2D eigenvalue weighted by Gasteiger charge is 2.14. The summed E-state index contributed by atoms with van der Waals surface area (Å²) in [5.74, 6) is -0.136. The fraction of sp³-hybridized carbons (Fsp3) is 0.385. The van der Waals surface area contributed by atoms with Gasteiger partial charge in [0, 0.05) is 10.5 Å². The third-order valence-electron chi connectivity index (χ3n) is 2.53. The van der Waals surface area contributed by atoms with Crippen LogP contribution in [0.2, 0.25) is 0 Å². The predicted molar refractivity (Wildman–Crippen MR) is 70.7 cm³/mol. The third kappa shape index (κ3) is 3.86. The molecule has 17 heavy (non-hydrogen) atoms. The zero-order valence-corrected chi connectivity index (χ0v) is 11.5. The maximum atomic E-state index is 12.0. The van der Waals surface area contributed by atoms with Gasteiger partial charge in [-0.05, 0) is 41.4 Å². The molecule has 0 bridgehead atoms. The van der Waals surface area contributed by atoms with Gasteiger partial charge in [-0.3, -0.25) is 4.79 Å². The lowest BCUT2D eigenvalue weighted by Crippen LogP contribution is -2.34. The second-order valence-corrected chi connectivity index (χ2v) is 4.78. The number of nitrogens with one attached hydrogen (secondary N) is 1. The lowest BCUT2D eigenvalue weighted by molar-refractivity contribution is 0.0936. The van der Waals surface area contributed by atoms with Crippen LogP contribution in [0.3, 0.4) is 0 Å². The van der Waals surface area contributed by atoms with Crippen molar-refractivity contribution in [1.82, 2.24) is 5.32 Å². The molecular formula is C13H15BrN2O. The molecule has 1 N–H and O–H groups in total. The van der Waals surface area contributed by atoms with E-state index in [0.717, 1.165) is 16.5 Å². The second kappa shape index (κ2) is 6.41. The summed E-state index contributed by atoms with van der Waals surface area (Å²) in [5.41, 5.74) is 1.65. The number of nitrogens with zero attached hydrogens (tertiary/aromatic N) is 1. The average molecular weight is 295 g/mol.